The Labute approximate surface area is 141 Å². The zero-order valence-electron chi connectivity index (χ0n) is 13.8. The van der Waals surface area contributed by atoms with Gasteiger partial charge in [0.15, 0.2) is 0 Å². The normalized spacial score (nSPS) is 16.8. The zero-order chi connectivity index (χ0) is 17.4. The number of benzene rings is 1. The number of nitrogens with zero attached hydrogens (tertiary/aromatic N) is 1. The van der Waals surface area contributed by atoms with Gasteiger partial charge in [-0.2, -0.15) is 0 Å². The maximum absolute atomic E-state index is 12.6. The number of methoxy groups -OCH3 is 1. The van der Waals surface area contributed by atoms with Crippen molar-refractivity contribution in [3.63, 3.8) is 0 Å². The molecule has 1 amide bonds. The smallest absolute Gasteiger partial charge is 0.323 e. The molecular weight excluding hydrogens is 314 g/mol. The SMILES string of the molecule is COCCOc1ccc(C(=O)N(CC(=O)O)C[C@H]2CCCO2)cc1. The number of hydrogen-bond acceptors (Lipinski definition) is 5. The third kappa shape index (κ3) is 5.50. The fourth-order valence-corrected chi connectivity index (χ4v) is 2.54. The molecule has 0 unspecified atom stereocenters. The van der Waals surface area contributed by atoms with E-state index in [1.54, 1.807) is 31.4 Å². The van der Waals surface area contributed by atoms with E-state index in [4.69, 9.17) is 19.3 Å². The first-order valence-corrected chi connectivity index (χ1v) is 7.94. The van der Waals surface area contributed by atoms with Crippen LogP contribution in [0.3, 0.4) is 0 Å². The Kier molecular flexibility index (Phi) is 7.02. The van der Waals surface area contributed by atoms with Gasteiger partial charge in [0.2, 0.25) is 0 Å². The second-order valence-corrected chi connectivity index (χ2v) is 5.58. The third-order valence-electron chi connectivity index (χ3n) is 3.72. The summed E-state index contributed by atoms with van der Waals surface area (Å²) < 4.78 is 15.9. The summed E-state index contributed by atoms with van der Waals surface area (Å²) in [5.74, 6) is -0.732. The van der Waals surface area contributed by atoms with E-state index in [-0.39, 0.29) is 25.1 Å². The van der Waals surface area contributed by atoms with Crippen molar-refractivity contribution in [2.75, 3.05) is 40.0 Å². The molecule has 1 saturated heterocycles. The van der Waals surface area contributed by atoms with Gasteiger partial charge in [-0.1, -0.05) is 0 Å². The van der Waals surface area contributed by atoms with Gasteiger partial charge in [0.25, 0.3) is 5.91 Å². The van der Waals surface area contributed by atoms with E-state index in [0.717, 1.165) is 12.8 Å². The number of carboxylic acid groups (broad SMARTS) is 1. The molecule has 7 nitrogen and oxygen atoms in total. The summed E-state index contributed by atoms with van der Waals surface area (Å²) in [5.41, 5.74) is 0.424. The first-order valence-electron chi connectivity index (χ1n) is 7.94. The lowest BCUT2D eigenvalue weighted by Gasteiger charge is -2.24. The van der Waals surface area contributed by atoms with Gasteiger partial charge < -0.3 is 24.2 Å². The van der Waals surface area contributed by atoms with Gasteiger partial charge in [-0.3, -0.25) is 9.59 Å². The van der Waals surface area contributed by atoms with Crippen LogP contribution in [-0.4, -0.2) is 68.0 Å². The maximum atomic E-state index is 12.6. The van der Waals surface area contributed by atoms with Gasteiger partial charge in [0, 0.05) is 25.8 Å². The Balaban J connectivity index is 2.00. The second-order valence-electron chi connectivity index (χ2n) is 5.58. The van der Waals surface area contributed by atoms with Crippen molar-refractivity contribution in [1.29, 1.82) is 0 Å². The zero-order valence-corrected chi connectivity index (χ0v) is 13.8. The van der Waals surface area contributed by atoms with E-state index >= 15 is 0 Å². The molecule has 7 heteroatoms. The fraction of sp³-hybridized carbons (Fsp3) is 0.529. The first-order chi connectivity index (χ1) is 11.6. The fourth-order valence-electron chi connectivity index (χ4n) is 2.54. The number of rotatable bonds is 9. The van der Waals surface area contributed by atoms with Crippen LogP contribution in [-0.2, 0) is 14.3 Å². The molecule has 1 heterocycles. The average Bonchev–Trinajstić information content (AvgIpc) is 3.07. The minimum Gasteiger partial charge on any atom is -0.491 e. The van der Waals surface area contributed by atoms with Crippen LogP contribution in [0.2, 0.25) is 0 Å². The topological polar surface area (TPSA) is 85.3 Å². The number of aliphatic carboxylic acids is 1. The Morgan fingerprint density at radius 1 is 1.29 bits per heavy atom. The first kappa shape index (κ1) is 18.2. The number of carbonyl (C=O) groups excluding carboxylic acids is 1. The van der Waals surface area contributed by atoms with Crippen LogP contribution in [0.4, 0.5) is 0 Å². The molecule has 1 aromatic carbocycles. The molecule has 1 atom stereocenters. The van der Waals surface area contributed by atoms with Crippen molar-refractivity contribution in [1.82, 2.24) is 4.90 Å². The van der Waals surface area contributed by atoms with E-state index in [1.807, 2.05) is 0 Å². The van der Waals surface area contributed by atoms with Gasteiger partial charge in [-0.15, -0.1) is 0 Å². The molecule has 0 aliphatic carbocycles. The summed E-state index contributed by atoms with van der Waals surface area (Å²) in [5, 5.41) is 9.05. The van der Waals surface area contributed by atoms with E-state index < -0.39 is 5.97 Å². The van der Waals surface area contributed by atoms with Crippen LogP contribution in [0.1, 0.15) is 23.2 Å². The molecule has 1 aliphatic heterocycles. The van der Waals surface area contributed by atoms with Crippen LogP contribution in [0.25, 0.3) is 0 Å². The summed E-state index contributed by atoms with van der Waals surface area (Å²) in [6.45, 7) is 1.51. The number of carbonyl (C=O) groups is 2. The Hall–Kier alpha value is -2.12. The monoisotopic (exact) mass is 337 g/mol. The number of ether oxygens (including phenoxy) is 3. The predicted octanol–water partition coefficient (Wildman–Crippen LogP) is 1.42. The summed E-state index contributed by atoms with van der Waals surface area (Å²) >= 11 is 0. The highest BCUT2D eigenvalue weighted by Crippen LogP contribution is 2.17. The molecule has 0 bridgehead atoms. The van der Waals surface area contributed by atoms with Crippen molar-refractivity contribution in [3.05, 3.63) is 29.8 Å². The largest absolute Gasteiger partial charge is 0.491 e. The van der Waals surface area contributed by atoms with Crippen molar-refractivity contribution < 1.29 is 28.9 Å². The highest BCUT2D eigenvalue weighted by molar-refractivity contribution is 5.96. The molecule has 0 saturated carbocycles. The molecular formula is C17H23NO6. The number of amides is 1. The molecule has 0 radical (unpaired) electrons. The van der Waals surface area contributed by atoms with E-state index in [1.165, 1.54) is 4.90 Å². The third-order valence-corrected chi connectivity index (χ3v) is 3.72. The lowest BCUT2D eigenvalue weighted by molar-refractivity contribution is -0.138. The van der Waals surface area contributed by atoms with E-state index in [9.17, 15) is 9.59 Å². The second kappa shape index (κ2) is 9.24. The van der Waals surface area contributed by atoms with Gasteiger partial charge in [0.1, 0.15) is 18.9 Å². The van der Waals surface area contributed by atoms with Gasteiger partial charge in [0.05, 0.1) is 12.7 Å². The maximum Gasteiger partial charge on any atom is 0.323 e. The quantitative estimate of drug-likeness (QED) is 0.686. The van der Waals surface area contributed by atoms with E-state index in [2.05, 4.69) is 0 Å². The summed E-state index contributed by atoms with van der Waals surface area (Å²) in [7, 11) is 1.59. The molecule has 1 aliphatic rings. The Bertz CT molecular complexity index is 539. The van der Waals surface area contributed by atoms with Crippen molar-refractivity contribution in [3.8, 4) is 5.75 Å². The summed E-state index contributed by atoms with van der Waals surface area (Å²) in [6.07, 6.45) is 1.69. The van der Waals surface area contributed by atoms with Gasteiger partial charge in [-0.25, -0.2) is 0 Å². The molecule has 24 heavy (non-hydrogen) atoms. The number of carboxylic acids is 1. The minimum atomic E-state index is -1.04. The molecule has 1 aromatic rings. The Morgan fingerprint density at radius 3 is 2.62 bits per heavy atom. The number of hydrogen-bond donors (Lipinski definition) is 1. The predicted molar refractivity (Wildman–Crippen MR) is 86.3 cm³/mol. The van der Waals surface area contributed by atoms with Crippen LogP contribution in [0, 0.1) is 0 Å². The van der Waals surface area contributed by atoms with Crippen molar-refractivity contribution >= 4 is 11.9 Å². The van der Waals surface area contributed by atoms with Gasteiger partial charge in [-0.05, 0) is 37.1 Å². The van der Waals surface area contributed by atoms with Crippen LogP contribution < -0.4 is 4.74 Å². The van der Waals surface area contributed by atoms with Crippen LogP contribution in [0.15, 0.2) is 24.3 Å². The summed E-state index contributed by atoms with van der Waals surface area (Å²) in [6, 6.07) is 6.64. The standard InChI is InChI=1S/C17H23NO6/c1-22-9-10-24-14-6-4-13(5-7-14)17(21)18(12-16(19)20)11-15-3-2-8-23-15/h4-7,15H,2-3,8-12H2,1H3,(H,19,20)/t15-/m1/s1. The summed E-state index contributed by atoms with van der Waals surface area (Å²) in [4.78, 5) is 25.0. The van der Waals surface area contributed by atoms with E-state index in [0.29, 0.717) is 31.1 Å². The molecule has 0 spiro atoms. The lowest BCUT2D eigenvalue weighted by Crippen LogP contribution is -2.40. The lowest BCUT2D eigenvalue weighted by atomic mass is 10.1. The molecule has 132 valence electrons. The van der Waals surface area contributed by atoms with Crippen LogP contribution >= 0.6 is 0 Å². The molecule has 1 N–H and O–H groups in total. The molecule has 1 fully saturated rings. The average molecular weight is 337 g/mol. The molecule has 2 rings (SSSR count). The van der Waals surface area contributed by atoms with Crippen LogP contribution in [0.5, 0.6) is 5.75 Å². The highest BCUT2D eigenvalue weighted by Gasteiger charge is 2.25. The van der Waals surface area contributed by atoms with Crippen molar-refractivity contribution in [2.24, 2.45) is 0 Å². The molecule has 0 aromatic heterocycles. The minimum absolute atomic E-state index is 0.0926. The Morgan fingerprint density at radius 2 is 2.04 bits per heavy atom. The van der Waals surface area contributed by atoms with Crippen molar-refractivity contribution in [2.45, 2.75) is 18.9 Å². The van der Waals surface area contributed by atoms with Gasteiger partial charge >= 0.3 is 5.97 Å². The highest BCUT2D eigenvalue weighted by atomic mass is 16.5.